The number of fused-ring (bicyclic) bond motifs is 1. The van der Waals surface area contributed by atoms with Crippen LogP contribution in [-0.4, -0.2) is 15.8 Å². The monoisotopic (exact) mass is 467 g/mol. The Bertz CT molecular complexity index is 1420. The van der Waals surface area contributed by atoms with E-state index < -0.39 is 10.3 Å². The number of anilines is 1. The number of rotatable bonds is 4. The van der Waals surface area contributed by atoms with Gasteiger partial charge in [-0.25, -0.2) is 4.98 Å². The first-order valence-electron chi connectivity index (χ1n) is 11.1. The molecule has 1 N–H and O–H groups in total. The molecule has 6 nitrogen and oxygen atoms in total. The van der Waals surface area contributed by atoms with Crippen molar-refractivity contribution in [2.24, 2.45) is 5.41 Å². The van der Waals surface area contributed by atoms with E-state index in [2.05, 4.69) is 53.6 Å². The van der Waals surface area contributed by atoms with Crippen LogP contribution in [0.4, 0.5) is 10.8 Å². The second-order valence-corrected chi connectivity index (χ2v) is 10.0. The van der Waals surface area contributed by atoms with E-state index in [1.165, 1.54) is 45.7 Å². The van der Waals surface area contributed by atoms with Crippen LogP contribution in [0, 0.1) is 15.5 Å². The molecule has 7 rings (SSSR count). The van der Waals surface area contributed by atoms with Gasteiger partial charge in [0.2, 0.25) is 5.91 Å². The normalized spacial score (nSPS) is 22.0. The molecule has 0 saturated carbocycles. The highest BCUT2D eigenvalue weighted by Crippen LogP contribution is 2.61. The molecule has 2 bridgehead atoms. The summed E-state index contributed by atoms with van der Waals surface area (Å²) in [5, 5.41) is 16.5. The van der Waals surface area contributed by atoms with E-state index in [1.54, 1.807) is 12.1 Å². The molecule has 0 fully saturated rings. The third kappa shape index (κ3) is 3.08. The lowest BCUT2D eigenvalue weighted by Crippen LogP contribution is -2.47. The maximum atomic E-state index is 13.8. The van der Waals surface area contributed by atoms with Gasteiger partial charge in [-0.3, -0.25) is 14.9 Å². The van der Waals surface area contributed by atoms with Crippen LogP contribution < -0.4 is 5.32 Å². The maximum Gasteiger partial charge on any atom is 0.270 e. The third-order valence-corrected chi connectivity index (χ3v) is 7.98. The summed E-state index contributed by atoms with van der Waals surface area (Å²) in [6.07, 6.45) is 0.737. The quantitative estimate of drug-likeness (QED) is 0.280. The minimum absolute atomic E-state index is 0.0131. The predicted molar refractivity (Wildman–Crippen MR) is 132 cm³/mol. The molecular weight excluding hydrogens is 446 g/mol. The van der Waals surface area contributed by atoms with Gasteiger partial charge >= 0.3 is 0 Å². The average Bonchev–Trinajstić information content (AvgIpc) is 3.33. The first kappa shape index (κ1) is 20.7. The molecule has 0 radical (unpaired) electrons. The number of nitrogens with one attached hydrogen (secondary N) is 1. The summed E-state index contributed by atoms with van der Waals surface area (Å²) in [6, 6.07) is 23.3. The highest BCUT2D eigenvalue weighted by atomic mass is 32.1. The van der Waals surface area contributed by atoms with Crippen molar-refractivity contribution >= 4 is 28.1 Å². The largest absolute Gasteiger partial charge is 0.301 e. The molecule has 0 aliphatic heterocycles. The maximum absolute atomic E-state index is 13.8. The Morgan fingerprint density at radius 2 is 1.68 bits per heavy atom. The number of hydrogen-bond acceptors (Lipinski definition) is 5. The molecule has 1 amide bonds. The summed E-state index contributed by atoms with van der Waals surface area (Å²) < 4.78 is 0. The third-order valence-electron chi connectivity index (χ3n) is 7.23. The van der Waals surface area contributed by atoms with Crippen molar-refractivity contribution in [2.75, 3.05) is 5.32 Å². The smallest absolute Gasteiger partial charge is 0.270 e. The standard InChI is InChI=1S/C27H21N3O3S/c1-27(14-22-18-9-2-4-11-20(18)24(27)21-12-5-3-10-19(21)22)25(31)29-26-28-23(15-34-26)16-7-6-8-17(13-16)30(32)33/h2-13,15,22,24H,14H2,1H3,(H,28,29,31)/t22?,24?,27-/m0/s1. The summed E-state index contributed by atoms with van der Waals surface area (Å²) in [5.41, 5.74) is 5.74. The average molecular weight is 468 g/mol. The Hall–Kier alpha value is -3.84. The van der Waals surface area contributed by atoms with Crippen LogP contribution in [0.1, 0.15) is 47.4 Å². The fraction of sp³-hybridized carbons (Fsp3) is 0.185. The van der Waals surface area contributed by atoms with Gasteiger partial charge in [0.05, 0.1) is 16.0 Å². The highest BCUT2D eigenvalue weighted by molar-refractivity contribution is 7.14. The summed E-state index contributed by atoms with van der Waals surface area (Å²) in [7, 11) is 0. The Kier molecular flexibility index (Phi) is 4.64. The molecule has 0 spiro atoms. The van der Waals surface area contributed by atoms with Gasteiger partial charge in [0, 0.05) is 34.9 Å². The minimum Gasteiger partial charge on any atom is -0.301 e. The van der Waals surface area contributed by atoms with Gasteiger partial charge in [0.15, 0.2) is 5.13 Å². The Labute approximate surface area is 200 Å². The van der Waals surface area contributed by atoms with E-state index in [1.807, 2.05) is 17.5 Å². The minimum atomic E-state index is -0.620. The van der Waals surface area contributed by atoms with Crippen LogP contribution >= 0.6 is 11.3 Å². The van der Waals surface area contributed by atoms with E-state index >= 15 is 0 Å². The number of nitro benzene ring substituents is 1. The number of aromatic nitrogens is 1. The lowest BCUT2D eigenvalue weighted by Gasteiger charge is -2.50. The molecule has 168 valence electrons. The fourth-order valence-corrected chi connectivity index (χ4v) is 6.39. The van der Waals surface area contributed by atoms with Gasteiger partial charge in [-0.1, -0.05) is 60.7 Å². The van der Waals surface area contributed by atoms with Gasteiger partial charge in [-0.05, 0) is 35.6 Å². The first-order chi connectivity index (χ1) is 16.5. The zero-order chi connectivity index (χ0) is 23.4. The highest BCUT2D eigenvalue weighted by Gasteiger charge is 2.53. The number of nitrogens with zero attached hydrogens (tertiary/aromatic N) is 2. The van der Waals surface area contributed by atoms with Crippen molar-refractivity contribution in [2.45, 2.75) is 25.2 Å². The van der Waals surface area contributed by atoms with Crippen molar-refractivity contribution in [3.05, 3.63) is 111 Å². The van der Waals surface area contributed by atoms with E-state index in [-0.39, 0.29) is 23.4 Å². The lowest BCUT2D eigenvalue weighted by molar-refractivity contribution is -0.384. The van der Waals surface area contributed by atoms with Crippen LogP contribution in [0.2, 0.25) is 0 Å². The van der Waals surface area contributed by atoms with Crippen molar-refractivity contribution in [3.63, 3.8) is 0 Å². The SMILES string of the molecule is C[C@]1(C(=O)Nc2nc(-c3cccc([N+](=O)[O-])c3)cs2)CC2c3ccccc3C1c1ccccc12. The summed E-state index contributed by atoms with van der Waals surface area (Å²) >= 11 is 1.33. The Balaban J connectivity index is 1.33. The number of hydrogen-bond donors (Lipinski definition) is 1. The van der Waals surface area contributed by atoms with Crippen LogP contribution in [0.5, 0.6) is 0 Å². The molecule has 34 heavy (non-hydrogen) atoms. The summed E-state index contributed by atoms with van der Waals surface area (Å²) in [4.78, 5) is 29.0. The molecule has 0 saturated heterocycles. The van der Waals surface area contributed by atoms with Gasteiger partial charge in [-0.2, -0.15) is 0 Å². The van der Waals surface area contributed by atoms with Crippen molar-refractivity contribution in [1.82, 2.24) is 4.98 Å². The number of carbonyl (C=O) groups is 1. The summed E-state index contributed by atoms with van der Waals surface area (Å²) in [6.45, 7) is 2.06. The Morgan fingerprint density at radius 3 is 2.32 bits per heavy atom. The molecule has 3 aliphatic rings. The van der Waals surface area contributed by atoms with E-state index in [4.69, 9.17) is 0 Å². The van der Waals surface area contributed by atoms with Crippen LogP contribution in [0.3, 0.4) is 0 Å². The second kappa shape index (κ2) is 7.60. The molecule has 4 aromatic rings. The molecule has 1 atom stereocenters. The topological polar surface area (TPSA) is 85.1 Å². The Morgan fingerprint density at radius 1 is 1.03 bits per heavy atom. The molecule has 1 heterocycles. The number of carbonyl (C=O) groups excluding carboxylic acids is 1. The zero-order valence-electron chi connectivity index (χ0n) is 18.4. The number of thiazole rings is 1. The predicted octanol–water partition coefficient (Wildman–Crippen LogP) is 6.34. The zero-order valence-corrected chi connectivity index (χ0v) is 19.2. The van der Waals surface area contributed by atoms with Crippen LogP contribution in [0.25, 0.3) is 11.3 Å². The molecular formula is C27H21N3O3S. The van der Waals surface area contributed by atoms with Gasteiger partial charge < -0.3 is 5.32 Å². The molecule has 1 aromatic heterocycles. The van der Waals surface area contributed by atoms with E-state index in [0.717, 1.165) is 6.42 Å². The number of benzene rings is 3. The fourth-order valence-electron chi connectivity index (χ4n) is 5.67. The van der Waals surface area contributed by atoms with Crippen molar-refractivity contribution in [3.8, 4) is 11.3 Å². The molecule has 0 unspecified atom stereocenters. The number of nitro groups is 1. The summed E-state index contributed by atoms with van der Waals surface area (Å²) in [5.74, 6) is 0.109. The second-order valence-electron chi connectivity index (χ2n) is 9.16. The van der Waals surface area contributed by atoms with E-state index in [0.29, 0.717) is 16.4 Å². The molecule has 3 aromatic carbocycles. The van der Waals surface area contributed by atoms with Gasteiger partial charge in [0.1, 0.15) is 0 Å². The van der Waals surface area contributed by atoms with Gasteiger partial charge in [-0.15, -0.1) is 11.3 Å². The molecule has 3 aliphatic carbocycles. The number of amides is 1. The van der Waals surface area contributed by atoms with Gasteiger partial charge in [0.25, 0.3) is 5.69 Å². The van der Waals surface area contributed by atoms with Crippen molar-refractivity contribution < 1.29 is 9.72 Å². The molecule has 7 heteroatoms. The first-order valence-corrected chi connectivity index (χ1v) is 12.0. The van der Waals surface area contributed by atoms with E-state index in [9.17, 15) is 14.9 Å². The van der Waals surface area contributed by atoms with Crippen LogP contribution in [0.15, 0.2) is 78.2 Å². The van der Waals surface area contributed by atoms with Crippen LogP contribution in [-0.2, 0) is 4.79 Å². The number of non-ortho nitro benzene ring substituents is 1. The van der Waals surface area contributed by atoms with Crippen molar-refractivity contribution in [1.29, 1.82) is 0 Å². The lowest BCUT2D eigenvalue weighted by atomic mass is 9.52.